The molecule has 0 amide bonds. The molecule has 0 aliphatic carbocycles. The van der Waals surface area contributed by atoms with Crippen molar-refractivity contribution >= 4 is 9.84 Å². The van der Waals surface area contributed by atoms with Crippen LogP contribution in [0.4, 0.5) is 0 Å². The van der Waals surface area contributed by atoms with Gasteiger partial charge in [0.1, 0.15) is 11.9 Å². The Hall–Kier alpha value is -1.89. The number of aliphatic hydroxyl groups excluding tert-OH is 1. The highest BCUT2D eigenvalue weighted by Crippen LogP contribution is 2.32. The van der Waals surface area contributed by atoms with Gasteiger partial charge in [0.05, 0.1) is 16.4 Å². The standard InChI is InChI=1S/C19H23NO4S/c1-14(13-21)20-12-16-9-7-15-8-10-18(11-19(15)24-16)25(22,23)17-5-3-2-4-6-17/h2-6,8,10-11,14,16,20-21H,7,9,12-13H2,1H3/t14-,16-/m1/s1. The summed E-state index contributed by atoms with van der Waals surface area (Å²) in [5.41, 5.74) is 1.03. The third-order valence-electron chi connectivity index (χ3n) is 4.40. The number of ether oxygens (including phenoxy) is 1. The maximum atomic E-state index is 12.8. The SMILES string of the molecule is C[C@H](CO)NC[C@H]1CCc2ccc(S(=O)(=O)c3ccccc3)cc2O1. The molecular weight excluding hydrogens is 338 g/mol. The molecular formula is C19H23NO4S. The molecule has 0 bridgehead atoms. The van der Waals surface area contributed by atoms with Crippen LogP contribution in [0.25, 0.3) is 0 Å². The van der Waals surface area contributed by atoms with Gasteiger partial charge in [-0.1, -0.05) is 24.3 Å². The maximum absolute atomic E-state index is 12.8. The van der Waals surface area contributed by atoms with Gasteiger partial charge in [-0.3, -0.25) is 0 Å². The molecule has 0 unspecified atom stereocenters. The predicted octanol–water partition coefficient (Wildman–Crippen LogP) is 2.18. The molecule has 5 nitrogen and oxygen atoms in total. The van der Waals surface area contributed by atoms with Crippen molar-refractivity contribution in [3.8, 4) is 5.75 Å². The zero-order chi connectivity index (χ0) is 17.9. The maximum Gasteiger partial charge on any atom is 0.206 e. The van der Waals surface area contributed by atoms with Crippen molar-refractivity contribution in [2.24, 2.45) is 0 Å². The van der Waals surface area contributed by atoms with Crippen molar-refractivity contribution in [3.05, 3.63) is 54.1 Å². The number of rotatable bonds is 6. The summed E-state index contributed by atoms with van der Waals surface area (Å²) in [5, 5.41) is 12.3. The Bertz CT molecular complexity index is 821. The molecule has 1 aliphatic heterocycles. The molecule has 0 saturated heterocycles. The van der Waals surface area contributed by atoms with E-state index < -0.39 is 9.84 Å². The number of hydrogen-bond donors (Lipinski definition) is 2. The number of benzene rings is 2. The highest BCUT2D eigenvalue weighted by Gasteiger charge is 2.24. The molecule has 3 rings (SSSR count). The summed E-state index contributed by atoms with van der Waals surface area (Å²) in [6.45, 7) is 2.60. The third kappa shape index (κ3) is 4.03. The second kappa shape index (κ2) is 7.56. The van der Waals surface area contributed by atoms with Crippen LogP contribution in [0.15, 0.2) is 58.3 Å². The van der Waals surface area contributed by atoms with E-state index in [1.807, 2.05) is 13.0 Å². The lowest BCUT2D eigenvalue weighted by molar-refractivity contribution is 0.158. The summed E-state index contributed by atoms with van der Waals surface area (Å²) in [7, 11) is -3.55. The van der Waals surface area contributed by atoms with Crippen LogP contribution in [0.5, 0.6) is 5.75 Å². The van der Waals surface area contributed by atoms with E-state index in [1.165, 1.54) is 0 Å². The summed E-state index contributed by atoms with van der Waals surface area (Å²) >= 11 is 0. The van der Waals surface area contributed by atoms with Gasteiger partial charge in [0.25, 0.3) is 0 Å². The van der Waals surface area contributed by atoms with Crippen molar-refractivity contribution in [2.75, 3.05) is 13.2 Å². The molecule has 6 heteroatoms. The molecule has 0 fully saturated rings. The van der Waals surface area contributed by atoms with E-state index in [1.54, 1.807) is 42.5 Å². The summed E-state index contributed by atoms with van der Waals surface area (Å²) in [6, 6.07) is 13.5. The molecule has 25 heavy (non-hydrogen) atoms. The molecule has 0 spiro atoms. The first-order chi connectivity index (χ1) is 12.0. The van der Waals surface area contributed by atoms with Crippen LogP contribution in [0.3, 0.4) is 0 Å². The van der Waals surface area contributed by atoms with Crippen LogP contribution in [0, 0.1) is 0 Å². The van der Waals surface area contributed by atoms with Gasteiger partial charge >= 0.3 is 0 Å². The minimum absolute atomic E-state index is 0.00906. The second-order valence-electron chi connectivity index (χ2n) is 6.36. The van der Waals surface area contributed by atoms with E-state index in [0.717, 1.165) is 18.4 Å². The number of aryl methyl sites for hydroxylation is 1. The van der Waals surface area contributed by atoms with Crippen molar-refractivity contribution in [2.45, 2.75) is 41.7 Å². The van der Waals surface area contributed by atoms with Crippen LogP contribution < -0.4 is 10.1 Å². The number of aliphatic hydroxyl groups is 1. The summed E-state index contributed by atoms with van der Waals surface area (Å²) in [4.78, 5) is 0.524. The summed E-state index contributed by atoms with van der Waals surface area (Å²) in [6.07, 6.45) is 1.68. The van der Waals surface area contributed by atoms with E-state index in [9.17, 15) is 8.42 Å². The average Bonchev–Trinajstić information content (AvgIpc) is 2.66. The van der Waals surface area contributed by atoms with Gasteiger partial charge in [-0.05, 0) is 49.6 Å². The monoisotopic (exact) mass is 361 g/mol. The molecule has 0 saturated carbocycles. The molecule has 1 heterocycles. The Morgan fingerprint density at radius 2 is 1.96 bits per heavy atom. The number of hydrogen-bond acceptors (Lipinski definition) is 5. The fraction of sp³-hybridized carbons (Fsp3) is 0.368. The first-order valence-corrected chi connectivity index (χ1v) is 9.93. The fourth-order valence-corrected chi connectivity index (χ4v) is 4.15. The molecule has 1 aliphatic rings. The first kappa shape index (κ1) is 17.9. The number of fused-ring (bicyclic) bond motifs is 1. The largest absolute Gasteiger partial charge is 0.489 e. The average molecular weight is 361 g/mol. The van der Waals surface area contributed by atoms with E-state index in [0.29, 0.717) is 12.3 Å². The highest BCUT2D eigenvalue weighted by atomic mass is 32.2. The van der Waals surface area contributed by atoms with Gasteiger partial charge in [-0.2, -0.15) is 0 Å². The molecule has 2 aromatic carbocycles. The van der Waals surface area contributed by atoms with Crippen molar-refractivity contribution in [1.29, 1.82) is 0 Å². The fourth-order valence-electron chi connectivity index (χ4n) is 2.85. The van der Waals surface area contributed by atoms with E-state index >= 15 is 0 Å². The van der Waals surface area contributed by atoms with E-state index in [-0.39, 0.29) is 28.5 Å². The Balaban J connectivity index is 1.80. The van der Waals surface area contributed by atoms with Crippen molar-refractivity contribution < 1.29 is 18.3 Å². The topological polar surface area (TPSA) is 75.6 Å². The Morgan fingerprint density at radius 3 is 2.68 bits per heavy atom. The quantitative estimate of drug-likeness (QED) is 0.825. The smallest absolute Gasteiger partial charge is 0.206 e. The van der Waals surface area contributed by atoms with Crippen LogP contribution in [0.1, 0.15) is 18.9 Å². The first-order valence-electron chi connectivity index (χ1n) is 8.44. The van der Waals surface area contributed by atoms with E-state index in [4.69, 9.17) is 9.84 Å². The summed E-state index contributed by atoms with van der Waals surface area (Å²) in [5.74, 6) is 0.631. The molecule has 0 aromatic heterocycles. The lowest BCUT2D eigenvalue weighted by Gasteiger charge is -2.27. The molecule has 2 aromatic rings. The van der Waals surface area contributed by atoms with Gasteiger partial charge in [-0.25, -0.2) is 8.42 Å². The Kier molecular flexibility index (Phi) is 5.42. The van der Waals surface area contributed by atoms with E-state index in [2.05, 4.69) is 5.32 Å². The van der Waals surface area contributed by atoms with Crippen LogP contribution in [-0.4, -0.2) is 38.8 Å². The Labute approximate surface area is 148 Å². The van der Waals surface area contributed by atoms with Gasteiger partial charge < -0.3 is 15.2 Å². The zero-order valence-corrected chi connectivity index (χ0v) is 15.0. The second-order valence-corrected chi connectivity index (χ2v) is 8.31. The third-order valence-corrected chi connectivity index (χ3v) is 6.17. The van der Waals surface area contributed by atoms with Crippen molar-refractivity contribution in [1.82, 2.24) is 5.32 Å². The van der Waals surface area contributed by atoms with Crippen molar-refractivity contribution in [3.63, 3.8) is 0 Å². The molecule has 2 N–H and O–H groups in total. The molecule has 134 valence electrons. The normalized spacial score (nSPS) is 18.2. The Morgan fingerprint density at radius 1 is 1.20 bits per heavy atom. The van der Waals surface area contributed by atoms with Gasteiger partial charge in [-0.15, -0.1) is 0 Å². The minimum Gasteiger partial charge on any atom is -0.489 e. The number of sulfone groups is 1. The highest BCUT2D eigenvalue weighted by molar-refractivity contribution is 7.91. The molecule has 2 atom stereocenters. The molecule has 0 radical (unpaired) electrons. The minimum atomic E-state index is -3.55. The van der Waals surface area contributed by atoms with Gasteiger partial charge in [0.2, 0.25) is 9.84 Å². The lowest BCUT2D eigenvalue weighted by Crippen LogP contribution is -2.39. The van der Waals surface area contributed by atoms with Gasteiger partial charge in [0, 0.05) is 12.6 Å². The van der Waals surface area contributed by atoms with Crippen LogP contribution >= 0.6 is 0 Å². The van der Waals surface area contributed by atoms with Crippen LogP contribution in [0.2, 0.25) is 0 Å². The van der Waals surface area contributed by atoms with Crippen LogP contribution in [-0.2, 0) is 16.3 Å². The zero-order valence-electron chi connectivity index (χ0n) is 14.2. The van der Waals surface area contributed by atoms with Gasteiger partial charge in [0.15, 0.2) is 0 Å². The lowest BCUT2D eigenvalue weighted by atomic mass is 10.0. The summed E-state index contributed by atoms with van der Waals surface area (Å²) < 4.78 is 31.5. The predicted molar refractivity (Wildman–Crippen MR) is 95.6 cm³/mol. The number of nitrogens with one attached hydrogen (secondary N) is 1.